The van der Waals surface area contributed by atoms with Crippen molar-refractivity contribution in [1.29, 1.82) is 0 Å². The Morgan fingerprint density at radius 1 is 1.12 bits per heavy atom. The molecule has 2 amide bonds. The van der Waals surface area contributed by atoms with Crippen molar-refractivity contribution < 1.29 is 24.5 Å². The van der Waals surface area contributed by atoms with E-state index in [1.165, 1.54) is 6.92 Å². The van der Waals surface area contributed by atoms with Gasteiger partial charge in [0.15, 0.2) is 0 Å². The van der Waals surface area contributed by atoms with Gasteiger partial charge < -0.3 is 25.2 Å². The van der Waals surface area contributed by atoms with E-state index in [0.29, 0.717) is 17.9 Å². The summed E-state index contributed by atoms with van der Waals surface area (Å²) in [6.07, 6.45) is -0.0344. The number of aliphatic hydroxyl groups excluding tert-OH is 2. The van der Waals surface area contributed by atoms with Crippen molar-refractivity contribution in [2.45, 2.75) is 44.6 Å². The lowest BCUT2D eigenvalue weighted by Gasteiger charge is -2.40. The molecule has 2 aliphatic rings. The maximum absolute atomic E-state index is 13.0. The van der Waals surface area contributed by atoms with Gasteiger partial charge in [-0.15, -0.1) is 0 Å². The summed E-state index contributed by atoms with van der Waals surface area (Å²) >= 11 is 0. The Bertz CT molecular complexity index is 1030. The summed E-state index contributed by atoms with van der Waals surface area (Å²) in [4.78, 5) is 27.2. The van der Waals surface area contributed by atoms with Crippen LogP contribution >= 0.6 is 0 Å². The van der Waals surface area contributed by atoms with E-state index < -0.39 is 24.2 Å². The molecule has 0 fully saturated rings. The molecule has 2 aromatic carbocycles. The molecular weight excluding hydrogens is 408 g/mol. The summed E-state index contributed by atoms with van der Waals surface area (Å²) in [6, 6.07) is 14.5. The number of para-hydroxylation sites is 1. The molecule has 1 heterocycles. The van der Waals surface area contributed by atoms with Gasteiger partial charge in [-0.25, -0.2) is 0 Å². The monoisotopic (exact) mass is 436 g/mol. The second-order valence-electron chi connectivity index (χ2n) is 8.31. The fourth-order valence-corrected chi connectivity index (χ4v) is 4.51. The third-order valence-corrected chi connectivity index (χ3v) is 6.11. The lowest BCUT2D eigenvalue weighted by molar-refractivity contribution is -0.135. The van der Waals surface area contributed by atoms with Gasteiger partial charge in [-0.3, -0.25) is 9.59 Å². The topological polar surface area (TPSA) is 99.1 Å². The van der Waals surface area contributed by atoms with Gasteiger partial charge in [0.2, 0.25) is 11.8 Å². The van der Waals surface area contributed by atoms with E-state index in [0.717, 1.165) is 16.7 Å². The molecular formula is C25H28N2O5. The van der Waals surface area contributed by atoms with Crippen LogP contribution in [0.4, 0.5) is 0 Å². The highest BCUT2D eigenvalue weighted by molar-refractivity contribution is 5.96. The normalized spacial score (nSPS) is 23.4. The number of aryl methyl sites for hydroxylation is 1. The second-order valence-corrected chi connectivity index (χ2v) is 8.31. The van der Waals surface area contributed by atoms with Crippen LogP contribution in [-0.4, -0.2) is 58.3 Å². The molecule has 0 radical (unpaired) electrons. The molecule has 0 bridgehead atoms. The standard InChI is InChI=1S/C25H28N2O5/c1-15-7-9-17(10-8-15)14-27(16(2)29)20-13-19(25(31)26-11-12-28)22-18-5-3-4-6-21(18)32-24(22)23(20)30/h3-10,13,20,22-24,28,30H,11-12,14H2,1-2H3,(H,26,31). The first-order valence-electron chi connectivity index (χ1n) is 10.8. The summed E-state index contributed by atoms with van der Waals surface area (Å²) in [5, 5.41) is 23.1. The van der Waals surface area contributed by atoms with Gasteiger partial charge in [0.1, 0.15) is 18.0 Å². The van der Waals surface area contributed by atoms with Crippen molar-refractivity contribution in [1.82, 2.24) is 10.2 Å². The van der Waals surface area contributed by atoms with Crippen molar-refractivity contribution in [3.05, 3.63) is 76.9 Å². The first-order valence-corrected chi connectivity index (χ1v) is 10.8. The van der Waals surface area contributed by atoms with Crippen molar-refractivity contribution in [3.8, 4) is 5.75 Å². The highest BCUT2D eigenvalue weighted by Crippen LogP contribution is 2.47. The zero-order valence-electron chi connectivity index (χ0n) is 18.2. The van der Waals surface area contributed by atoms with E-state index in [1.54, 1.807) is 11.0 Å². The van der Waals surface area contributed by atoms with Crippen molar-refractivity contribution in [2.75, 3.05) is 13.2 Å². The van der Waals surface area contributed by atoms with Crippen molar-refractivity contribution in [2.24, 2.45) is 0 Å². The Hall–Kier alpha value is -3.16. The van der Waals surface area contributed by atoms with Crippen LogP contribution in [0.3, 0.4) is 0 Å². The molecule has 0 saturated carbocycles. The van der Waals surface area contributed by atoms with Gasteiger partial charge in [-0.1, -0.05) is 48.0 Å². The predicted octanol–water partition coefficient (Wildman–Crippen LogP) is 1.67. The van der Waals surface area contributed by atoms with E-state index in [1.807, 2.05) is 55.5 Å². The first kappa shape index (κ1) is 22.0. The number of rotatable bonds is 6. The fourth-order valence-electron chi connectivity index (χ4n) is 4.51. The quantitative estimate of drug-likeness (QED) is 0.640. The number of carbonyl (C=O) groups is 2. The van der Waals surface area contributed by atoms with E-state index in [2.05, 4.69) is 5.32 Å². The number of carbonyl (C=O) groups excluding carboxylic acids is 2. The van der Waals surface area contributed by atoms with Crippen LogP contribution in [0.25, 0.3) is 0 Å². The molecule has 0 aromatic heterocycles. The molecule has 32 heavy (non-hydrogen) atoms. The van der Waals surface area contributed by atoms with Gasteiger partial charge in [-0.2, -0.15) is 0 Å². The molecule has 168 valence electrons. The number of benzene rings is 2. The van der Waals surface area contributed by atoms with Crippen molar-refractivity contribution >= 4 is 11.8 Å². The lowest BCUT2D eigenvalue weighted by atomic mass is 9.77. The summed E-state index contributed by atoms with van der Waals surface area (Å²) in [5.74, 6) is -0.389. The smallest absolute Gasteiger partial charge is 0.247 e. The Labute approximate surface area is 187 Å². The van der Waals surface area contributed by atoms with Gasteiger partial charge in [0.25, 0.3) is 0 Å². The van der Waals surface area contributed by atoms with Gasteiger partial charge in [-0.05, 0) is 24.6 Å². The molecule has 1 aliphatic heterocycles. The van der Waals surface area contributed by atoms with E-state index in [9.17, 15) is 14.7 Å². The maximum Gasteiger partial charge on any atom is 0.247 e. The number of ether oxygens (including phenoxy) is 1. The molecule has 4 atom stereocenters. The van der Waals surface area contributed by atoms with Gasteiger partial charge in [0, 0.05) is 31.1 Å². The molecule has 4 rings (SSSR count). The molecule has 7 nitrogen and oxygen atoms in total. The second kappa shape index (κ2) is 9.14. The number of nitrogens with one attached hydrogen (secondary N) is 1. The number of aliphatic hydroxyl groups is 2. The minimum atomic E-state index is -1.02. The number of amides is 2. The van der Waals surface area contributed by atoms with E-state index in [4.69, 9.17) is 9.84 Å². The molecule has 1 aliphatic carbocycles. The van der Waals surface area contributed by atoms with E-state index >= 15 is 0 Å². The maximum atomic E-state index is 13.0. The molecule has 4 unspecified atom stereocenters. The van der Waals surface area contributed by atoms with E-state index in [-0.39, 0.29) is 25.0 Å². The SMILES string of the molecule is CC(=O)N(Cc1ccc(C)cc1)C1C=C(C(=O)NCCO)C2c3ccccc3OC2C1O. The van der Waals surface area contributed by atoms with Crippen LogP contribution in [0.5, 0.6) is 5.75 Å². The van der Waals surface area contributed by atoms with Crippen LogP contribution in [-0.2, 0) is 16.1 Å². The van der Waals surface area contributed by atoms with Crippen LogP contribution in [0.15, 0.2) is 60.2 Å². The van der Waals surface area contributed by atoms with Crippen LogP contribution < -0.4 is 10.1 Å². The first-order chi connectivity index (χ1) is 15.4. The van der Waals surface area contributed by atoms with Crippen LogP contribution in [0.2, 0.25) is 0 Å². The Balaban J connectivity index is 1.72. The Morgan fingerprint density at radius 2 is 1.84 bits per heavy atom. The summed E-state index contributed by atoms with van der Waals surface area (Å²) in [6.45, 7) is 3.68. The molecule has 2 aromatic rings. The minimum absolute atomic E-state index is 0.114. The largest absolute Gasteiger partial charge is 0.486 e. The van der Waals surface area contributed by atoms with Gasteiger partial charge >= 0.3 is 0 Å². The zero-order chi connectivity index (χ0) is 22.8. The summed E-state index contributed by atoms with van der Waals surface area (Å²) < 4.78 is 6.08. The highest BCUT2D eigenvalue weighted by Gasteiger charge is 2.50. The molecule has 3 N–H and O–H groups in total. The number of nitrogens with zero attached hydrogens (tertiary/aromatic N) is 1. The third kappa shape index (κ3) is 4.13. The summed E-state index contributed by atoms with van der Waals surface area (Å²) in [5.41, 5.74) is 3.30. The van der Waals surface area contributed by atoms with Crippen LogP contribution in [0.1, 0.15) is 29.5 Å². The lowest BCUT2D eigenvalue weighted by Crippen LogP contribution is -2.55. The van der Waals surface area contributed by atoms with Crippen LogP contribution in [0, 0.1) is 6.92 Å². The minimum Gasteiger partial charge on any atom is -0.486 e. The molecule has 7 heteroatoms. The number of hydrogen-bond donors (Lipinski definition) is 3. The number of hydrogen-bond acceptors (Lipinski definition) is 5. The van der Waals surface area contributed by atoms with Crippen molar-refractivity contribution in [3.63, 3.8) is 0 Å². The number of fused-ring (bicyclic) bond motifs is 3. The van der Waals surface area contributed by atoms with Gasteiger partial charge in [0.05, 0.1) is 18.6 Å². The Morgan fingerprint density at radius 3 is 2.53 bits per heavy atom. The molecule has 0 saturated heterocycles. The average Bonchev–Trinajstić information content (AvgIpc) is 3.18. The summed E-state index contributed by atoms with van der Waals surface area (Å²) in [7, 11) is 0. The third-order valence-electron chi connectivity index (χ3n) is 6.11. The highest BCUT2D eigenvalue weighted by atomic mass is 16.5. The average molecular weight is 437 g/mol. The fraction of sp³-hybridized carbons (Fsp3) is 0.360. The predicted molar refractivity (Wildman–Crippen MR) is 119 cm³/mol. The zero-order valence-corrected chi connectivity index (χ0v) is 18.2. The molecule has 0 spiro atoms. The Kier molecular flexibility index (Phi) is 6.30.